The van der Waals surface area contributed by atoms with Crippen molar-refractivity contribution in [1.29, 1.82) is 0 Å². The van der Waals surface area contributed by atoms with Crippen molar-refractivity contribution < 1.29 is 28.3 Å². The molecule has 0 aromatic heterocycles. The number of halogens is 1. The lowest BCUT2D eigenvalue weighted by molar-refractivity contribution is -0.177. The summed E-state index contributed by atoms with van der Waals surface area (Å²) in [5.74, 6) is -0.592. The van der Waals surface area contributed by atoms with E-state index in [0.29, 0.717) is 31.6 Å². The highest BCUT2D eigenvalue weighted by Crippen LogP contribution is 2.38. The maximum Gasteiger partial charge on any atom is 0.510 e. The molecule has 2 aromatic carbocycles. The van der Waals surface area contributed by atoms with Crippen LogP contribution in [0.5, 0.6) is 0 Å². The fraction of sp³-hybridized carbons (Fsp3) is 0.391. The lowest BCUT2D eigenvalue weighted by Gasteiger charge is -2.46. The van der Waals surface area contributed by atoms with Crippen molar-refractivity contribution in [3.63, 3.8) is 0 Å². The number of carbonyl (C=O) groups is 2. The van der Waals surface area contributed by atoms with Gasteiger partial charge in [0.25, 0.3) is 0 Å². The van der Waals surface area contributed by atoms with Gasteiger partial charge in [0.05, 0.1) is 19.9 Å². The van der Waals surface area contributed by atoms with Gasteiger partial charge in [0.15, 0.2) is 5.72 Å². The quantitative estimate of drug-likeness (QED) is 0.521. The number of benzene rings is 2. The largest absolute Gasteiger partial charge is 0.510 e. The molecule has 1 aliphatic heterocycles. The summed E-state index contributed by atoms with van der Waals surface area (Å²) in [5.41, 5.74) is 1.85. The molecule has 0 unspecified atom stereocenters. The van der Waals surface area contributed by atoms with Gasteiger partial charge in [0, 0.05) is 32.9 Å². The van der Waals surface area contributed by atoms with Crippen LogP contribution in [0, 0.1) is 12.7 Å². The van der Waals surface area contributed by atoms with Gasteiger partial charge in [0.2, 0.25) is 5.91 Å². The summed E-state index contributed by atoms with van der Waals surface area (Å²) in [6.07, 6.45) is -0.171. The molecule has 0 saturated carbocycles. The van der Waals surface area contributed by atoms with E-state index in [1.165, 1.54) is 31.1 Å². The minimum absolute atomic E-state index is 0.269. The van der Waals surface area contributed by atoms with Crippen LogP contribution in [-0.4, -0.2) is 50.2 Å². The Morgan fingerprint density at radius 3 is 2.19 bits per heavy atom. The van der Waals surface area contributed by atoms with Crippen molar-refractivity contribution in [2.75, 3.05) is 32.2 Å². The maximum atomic E-state index is 13.4. The molecule has 1 saturated heterocycles. The van der Waals surface area contributed by atoms with E-state index in [1.807, 2.05) is 25.1 Å². The molecule has 2 aromatic rings. The topological polar surface area (TPSA) is 68.3 Å². The fourth-order valence-electron chi connectivity index (χ4n) is 3.93. The summed E-state index contributed by atoms with van der Waals surface area (Å²) in [6.45, 7) is 4.26. The van der Waals surface area contributed by atoms with Crippen LogP contribution in [0.4, 0.5) is 14.9 Å². The third-order valence-electron chi connectivity index (χ3n) is 5.55. The second-order valence-electron chi connectivity index (χ2n) is 7.48. The normalized spacial score (nSPS) is 15.9. The highest BCUT2D eigenvalue weighted by atomic mass is 19.1. The SMILES string of the molecule is COC(=O)OC1(N(C(C)=O)c2cc(-c3ccc(F)cc3)ccc2C)CCN(OC)CC1. The monoisotopic (exact) mass is 430 g/mol. The number of rotatable bonds is 5. The molecule has 31 heavy (non-hydrogen) atoms. The van der Waals surface area contributed by atoms with Crippen LogP contribution >= 0.6 is 0 Å². The molecule has 0 N–H and O–H groups in total. The number of piperidine rings is 1. The van der Waals surface area contributed by atoms with Gasteiger partial charge in [-0.3, -0.25) is 9.69 Å². The highest BCUT2D eigenvalue weighted by molar-refractivity contribution is 5.95. The smallest absolute Gasteiger partial charge is 0.438 e. The number of amides is 1. The second-order valence-corrected chi connectivity index (χ2v) is 7.48. The molecule has 0 radical (unpaired) electrons. The summed E-state index contributed by atoms with van der Waals surface area (Å²) < 4.78 is 23.8. The zero-order valence-corrected chi connectivity index (χ0v) is 18.2. The molecule has 1 heterocycles. The van der Waals surface area contributed by atoms with E-state index in [9.17, 15) is 14.0 Å². The summed E-state index contributed by atoms with van der Waals surface area (Å²) >= 11 is 0. The summed E-state index contributed by atoms with van der Waals surface area (Å²) in [6, 6.07) is 11.8. The summed E-state index contributed by atoms with van der Waals surface area (Å²) in [7, 11) is 2.81. The number of hydrogen-bond donors (Lipinski definition) is 0. The first kappa shape index (κ1) is 22.7. The van der Waals surface area contributed by atoms with Crippen molar-refractivity contribution in [1.82, 2.24) is 5.06 Å². The number of methoxy groups -OCH3 is 1. The van der Waals surface area contributed by atoms with E-state index in [0.717, 1.165) is 16.7 Å². The minimum atomic E-state index is -1.22. The molecule has 0 bridgehead atoms. The highest BCUT2D eigenvalue weighted by Gasteiger charge is 2.47. The maximum absolute atomic E-state index is 13.4. The fourth-order valence-corrected chi connectivity index (χ4v) is 3.93. The first-order valence-corrected chi connectivity index (χ1v) is 10.0. The van der Waals surface area contributed by atoms with Crippen molar-refractivity contribution in [2.24, 2.45) is 0 Å². The third kappa shape index (κ3) is 4.86. The molecule has 0 aliphatic carbocycles. The zero-order chi connectivity index (χ0) is 22.6. The Kier molecular flexibility index (Phi) is 6.92. The number of hydroxylamine groups is 2. The van der Waals surface area contributed by atoms with Crippen molar-refractivity contribution in [3.05, 3.63) is 53.8 Å². The van der Waals surface area contributed by atoms with Crippen molar-refractivity contribution in [3.8, 4) is 11.1 Å². The Morgan fingerprint density at radius 1 is 1.03 bits per heavy atom. The predicted octanol–water partition coefficient (Wildman–Crippen LogP) is 4.29. The molecule has 166 valence electrons. The number of hydrogen-bond acceptors (Lipinski definition) is 6. The number of aryl methyl sites for hydroxylation is 1. The molecule has 3 rings (SSSR count). The van der Waals surface area contributed by atoms with E-state index < -0.39 is 11.9 Å². The van der Waals surface area contributed by atoms with Crippen LogP contribution in [0.15, 0.2) is 42.5 Å². The minimum Gasteiger partial charge on any atom is -0.438 e. The molecule has 1 amide bonds. The Balaban J connectivity index is 2.08. The molecule has 0 spiro atoms. The van der Waals surface area contributed by atoms with Crippen LogP contribution < -0.4 is 4.90 Å². The van der Waals surface area contributed by atoms with Gasteiger partial charge in [0.1, 0.15) is 5.82 Å². The van der Waals surface area contributed by atoms with Gasteiger partial charge in [-0.1, -0.05) is 24.3 Å². The van der Waals surface area contributed by atoms with Crippen molar-refractivity contribution >= 4 is 17.7 Å². The van der Waals surface area contributed by atoms with Gasteiger partial charge in [-0.2, -0.15) is 5.06 Å². The van der Waals surface area contributed by atoms with Gasteiger partial charge in [-0.05, 0) is 41.8 Å². The van der Waals surface area contributed by atoms with E-state index in [4.69, 9.17) is 14.3 Å². The summed E-state index contributed by atoms with van der Waals surface area (Å²) in [4.78, 5) is 31.9. The molecular weight excluding hydrogens is 403 g/mol. The lowest BCUT2D eigenvalue weighted by atomic mass is 9.95. The van der Waals surface area contributed by atoms with E-state index in [1.54, 1.807) is 24.3 Å². The number of ether oxygens (including phenoxy) is 2. The number of carbonyl (C=O) groups excluding carboxylic acids is 2. The van der Waals surface area contributed by atoms with Crippen molar-refractivity contribution in [2.45, 2.75) is 32.4 Å². The Labute approximate surface area is 181 Å². The molecule has 1 fully saturated rings. The van der Waals surface area contributed by atoms with Crippen LogP contribution in [0.3, 0.4) is 0 Å². The average Bonchev–Trinajstić information content (AvgIpc) is 2.76. The van der Waals surface area contributed by atoms with Gasteiger partial charge < -0.3 is 14.3 Å². The Morgan fingerprint density at radius 2 is 1.65 bits per heavy atom. The van der Waals surface area contributed by atoms with Gasteiger partial charge >= 0.3 is 6.16 Å². The van der Waals surface area contributed by atoms with E-state index in [2.05, 4.69) is 0 Å². The molecule has 7 nitrogen and oxygen atoms in total. The molecular formula is C23H27FN2O5. The predicted molar refractivity (Wildman–Crippen MR) is 114 cm³/mol. The zero-order valence-electron chi connectivity index (χ0n) is 18.2. The van der Waals surface area contributed by atoms with Gasteiger partial charge in [-0.15, -0.1) is 0 Å². The molecule has 1 aliphatic rings. The number of anilines is 1. The first-order valence-electron chi connectivity index (χ1n) is 10.0. The first-order chi connectivity index (χ1) is 14.8. The van der Waals surface area contributed by atoms with E-state index in [-0.39, 0.29) is 11.7 Å². The third-order valence-corrected chi connectivity index (χ3v) is 5.55. The van der Waals surface area contributed by atoms with Crippen LogP contribution in [0.25, 0.3) is 11.1 Å². The van der Waals surface area contributed by atoms with Crippen LogP contribution in [0.1, 0.15) is 25.3 Å². The second kappa shape index (κ2) is 9.45. The van der Waals surface area contributed by atoms with Crippen LogP contribution in [-0.2, 0) is 19.1 Å². The van der Waals surface area contributed by atoms with E-state index >= 15 is 0 Å². The average molecular weight is 430 g/mol. The standard InChI is InChI=1S/C23H27FN2O5/c1-16-5-6-19(18-7-9-20(24)10-8-18)15-21(16)26(17(2)27)23(31-22(28)29-3)11-13-25(30-4)14-12-23/h5-10,15H,11-14H2,1-4H3. The molecule has 0 atom stereocenters. The molecule has 8 heteroatoms. The number of nitrogens with zero attached hydrogens (tertiary/aromatic N) is 2. The Bertz CT molecular complexity index is 939. The lowest BCUT2D eigenvalue weighted by Crippen LogP contribution is -2.59. The van der Waals surface area contributed by atoms with Crippen LogP contribution in [0.2, 0.25) is 0 Å². The summed E-state index contributed by atoms with van der Waals surface area (Å²) in [5, 5.41) is 1.75. The van der Waals surface area contributed by atoms with Gasteiger partial charge in [-0.25, -0.2) is 9.18 Å². The Hall–Kier alpha value is -2.97.